The van der Waals surface area contributed by atoms with E-state index in [1.807, 2.05) is 24.3 Å². The molecule has 0 amide bonds. The summed E-state index contributed by atoms with van der Waals surface area (Å²) in [5, 5.41) is 0. The fourth-order valence-corrected chi connectivity index (χ4v) is 2.26. The molecule has 2 N–H and O–H groups in total. The molecule has 0 unspecified atom stereocenters. The fraction of sp³-hybridized carbons (Fsp3) is 0.500. The topological polar surface area (TPSA) is 35.2 Å². The van der Waals surface area contributed by atoms with E-state index in [9.17, 15) is 4.39 Å². The third kappa shape index (κ3) is 4.33. The molecule has 90 valence electrons. The van der Waals surface area contributed by atoms with Crippen LogP contribution >= 0.6 is 0 Å². The number of nitrogens with two attached hydrogens (primary N) is 1. The van der Waals surface area contributed by atoms with Gasteiger partial charge in [0, 0.05) is 6.04 Å². The van der Waals surface area contributed by atoms with Gasteiger partial charge in [-0.1, -0.05) is 12.1 Å². The maximum atomic E-state index is 12.1. The Kier molecular flexibility index (Phi) is 4.50. The first kappa shape index (κ1) is 13.2. The van der Waals surface area contributed by atoms with Gasteiger partial charge >= 0.3 is 0 Å². The zero-order valence-corrected chi connectivity index (χ0v) is 11.2. The molecule has 1 atom stereocenters. The number of benzene rings is 1. The summed E-state index contributed by atoms with van der Waals surface area (Å²) in [7, 11) is -1.55. The number of rotatable bonds is 5. The Morgan fingerprint density at radius 1 is 1.25 bits per heavy atom. The monoisotopic (exact) mass is 241 g/mol. The Morgan fingerprint density at radius 2 is 1.81 bits per heavy atom. The predicted molar refractivity (Wildman–Crippen MR) is 67.9 cm³/mol. The van der Waals surface area contributed by atoms with Crippen LogP contribution in [0.1, 0.15) is 18.0 Å². The lowest BCUT2D eigenvalue weighted by Crippen LogP contribution is -2.29. The Labute approximate surface area is 97.7 Å². The lowest BCUT2D eigenvalue weighted by Gasteiger charge is -2.19. The molecule has 0 aliphatic rings. The minimum Gasteiger partial charge on any atom is -0.544 e. The zero-order valence-electron chi connectivity index (χ0n) is 10.2. The molecule has 4 heteroatoms. The minimum atomic E-state index is -1.55. The molecule has 0 heterocycles. The number of hydrogen-bond acceptors (Lipinski definition) is 2. The standard InChI is InChI=1S/C12H20FNOSi/c1-16(2,3)15-11-6-4-10(5-7-11)12(14)8-9-13/h4-7,12H,8-9,14H2,1-3H3/t12-/m1/s1. The highest BCUT2D eigenvalue weighted by Crippen LogP contribution is 2.20. The summed E-state index contributed by atoms with van der Waals surface area (Å²) in [6.45, 7) is 6.02. The van der Waals surface area contributed by atoms with Crippen molar-refractivity contribution in [2.45, 2.75) is 32.1 Å². The average molecular weight is 241 g/mol. The van der Waals surface area contributed by atoms with Crippen LogP contribution in [-0.4, -0.2) is 15.0 Å². The summed E-state index contributed by atoms with van der Waals surface area (Å²) in [6, 6.07) is 7.43. The van der Waals surface area contributed by atoms with Crippen LogP contribution in [0.2, 0.25) is 19.6 Å². The van der Waals surface area contributed by atoms with Crippen molar-refractivity contribution in [1.82, 2.24) is 0 Å². The molecule has 16 heavy (non-hydrogen) atoms. The van der Waals surface area contributed by atoms with Crippen LogP contribution in [0.5, 0.6) is 5.75 Å². The highest BCUT2D eigenvalue weighted by Gasteiger charge is 2.16. The van der Waals surface area contributed by atoms with Gasteiger partial charge < -0.3 is 10.2 Å². The smallest absolute Gasteiger partial charge is 0.242 e. The van der Waals surface area contributed by atoms with Crippen LogP contribution in [0.4, 0.5) is 4.39 Å². The Bertz CT molecular complexity index is 321. The lowest BCUT2D eigenvalue weighted by atomic mass is 10.1. The zero-order chi connectivity index (χ0) is 12.2. The van der Waals surface area contributed by atoms with Gasteiger partial charge in [0.05, 0.1) is 6.67 Å². The molecular weight excluding hydrogens is 221 g/mol. The van der Waals surface area contributed by atoms with E-state index in [4.69, 9.17) is 10.2 Å². The van der Waals surface area contributed by atoms with Gasteiger partial charge in [0.25, 0.3) is 0 Å². The van der Waals surface area contributed by atoms with Crippen LogP contribution in [0.3, 0.4) is 0 Å². The second-order valence-corrected chi connectivity index (χ2v) is 9.30. The average Bonchev–Trinajstić information content (AvgIpc) is 2.16. The van der Waals surface area contributed by atoms with E-state index >= 15 is 0 Å². The first-order chi connectivity index (χ1) is 7.42. The molecule has 0 aliphatic carbocycles. The molecule has 0 spiro atoms. The third-order valence-electron chi connectivity index (χ3n) is 2.15. The van der Waals surface area contributed by atoms with Gasteiger partial charge in [-0.15, -0.1) is 0 Å². The molecule has 1 rings (SSSR count). The van der Waals surface area contributed by atoms with E-state index in [-0.39, 0.29) is 12.7 Å². The number of hydrogen-bond donors (Lipinski definition) is 1. The second kappa shape index (κ2) is 5.45. The van der Waals surface area contributed by atoms with Gasteiger partial charge in [-0.2, -0.15) is 0 Å². The van der Waals surface area contributed by atoms with E-state index in [0.29, 0.717) is 6.42 Å². The van der Waals surface area contributed by atoms with E-state index in [1.165, 1.54) is 0 Å². The SMILES string of the molecule is C[Si](C)(C)Oc1ccc([C@H](N)CCF)cc1. The van der Waals surface area contributed by atoms with Gasteiger partial charge in [0.15, 0.2) is 0 Å². The normalized spacial score (nSPS) is 13.6. The van der Waals surface area contributed by atoms with Crippen LogP contribution in [0.25, 0.3) is 0 Å². The van der Waals surface area contributed by atoms with Crippen molar-refractivity contribution in [3.63, 3.8) is 0 Å². The van der Waals surface area contributed by atoms with Crippen LogP contribution in [0, 0.1) is 0 Å². The van der Waals surface area contributed by atoms with Gasteiger partial charge in [0.2, 0.25) is 8.32 Å². The molecule has 0 aliphatic heterocycles. The summed E-state index contributed by atoms with van der Waals surface area (Å²) in [5.74, 6) is 0.871. The highest BCUT2D eigenvalue weighted by atomic mass is 28.4. The summed E-state index contributed by atoms with van der Waals surface area (Å²) < 4.78 is 18.0. The Morgan fingerprint density at radius 3 is 2.25 bits per heavy atom. The van der Waals surface area contributed by atoms with Crippen LogP contribution in [0.15, 0.2) is 24.3 Å². The first-order valence-corrected chi connectivity index (χ1v) is 8.94. The van der Waals surface area contributed by atoms with Crippen molar-refractivity contribution in [2.75, 3.05) is 6.67 Å². The molecular formula is C12H20FNOSi. The molecule has 1 aromatic rings. The van der Waals surface area contributed by atoms with Gasteiger partial charge in [-0.3, -0.25) is 4.39 Å². The van der Waals surface area contributed by atoms with E-state index in [1.54, 1.807) is 0 Å². The fourth-order valence-electron chi connectivity index (χ4n) is 1.42. The van der Waals surface area contributed by atoms with Crippen LogP contribution in [-0.2, 0) is 0 Å². The lowest BCUT2D eigenvalue weighted by molar-refractivity contribution is 0.441. The predicted octanol–water partition coefficient (Wildman–Crippen LogP) is 3.26. The third-order valence-corrected chi connectivity index (χ3v) is 3.00. The summed E-state index contributed by atoms with van der Waals surface area (Å²) in [6.07, 6.45) is 0.369. The van der Waals surface area contributed by atoms with Crippen LogP contribution < -0.4 is 10.2 Å². The Hall–Kier alpha value is -0.873. The molecule has 0 aromatic heterocycles. The van der Waals surface area contributed by atoms with Crippen molar-refractivity contribution in [3.05, 3.63) is 29.8 Å². The molecule has 0 saturated heterocycles. The maximum Gasteiger partial charge on any atom is 0.242 e. The number of alkyl halides is 1. The maximum absolute atomic E-state index is 12.1. The molecule has 2 nitrogen and oxygen atoms in total. The van der Waals surface area contributed by atoms with Gasteiger partial charge in [-0.05, 0) is 43.8 Å². The quantitative estimate of drug-likeness (QED) is 0.803. The first-order valence-electron chi connectivity index (χ1n) is 5.53. The van der Waals surface area contributed by atoms with Crippen molar-refractivity contribution >= 4 is 8.32 Å². The largest absolute Gasteiger partial charge is 0.544 e. The Balaban J connectivity index is 2.68. The van der Waals surface area contributed by atoms with Crippen molar-refractivity contribution in [3.8, 4) is 5.75 Å². The molecule has 1 aromatic carbocycles. The van der Waals surface area contributed by atoms with E-state index < -0.39 is 8.32 Å². The summed E-state index contributed by atoms with van der Waals surface area (Å²) in [4.78, 5) is 0. The van der Waals surface area contributed by atoms with E-state index in [2.05, 4.69) is 19.6 Å². The van der Waals surface area contributed by atoms with Crippen molar-refractivity contribution < 1.29 is 8.82 Å². The summed E-state index contributed by atoms with van der Waals surface area (Å²) >= 11 is 0. The van der Waals surface area contributed by atoms with Gasteiger partial charge in [-0.25, -0.2) is 0 Å². The van der Waals surface area contributed by atoms with Crippen molar-refractivity contribution in [1.29, 1.82) is 0 Å². The number of halogens is 1. The highest BCUT2D eigenvalue weighted by molar-refractivity contribution is 6.70. The molecule has 0 saturated carbocycles. The second-order valence-electron chi connectivity index (χ2n) is 4.87. The molecule has 0 bridgehead atoms. The molecule has 0 fully saturated rings. The minimum absolute atomic E-state index is 0.217. The van der Waals surface area contributed by atoms with Gasteiger partial charge in [0.1, 0.15) is 5.75 Å². The van der Waals surface area contributed by atoms with E-state index in [0.717, 1.165) is 11.3 Å². The van der Waals surface area contributed by atoms with Crippen molar-refractivity contribution in [2.24, 2.45) is 5.73 Å². The summed E-state index contributed by atoms with van der Waals surface area (Å²) in [5.41, 5.74) is 6.77. The molecule has 0 radical (unpaired) electrons.